The summed E-state index contributed by atoms with van der Waals surface area (Å²) >= 11 is 1.40. The van der Waals surface area contributed by atoms with Crippen LogP contribution in [0.4, 0.5) is 0 Å². The number of carbonyl (C=O) groups is 1. The fraction of sp³-hybridized carbons (Fsp3) is 0.308. The van der Waals surface area contributed by atoms with Crippen molar-refractivity contribution in [3.05, 3.63) is 29.8 Å². The minimum atomic E-state index is -0.0741. The number of benzene rings is 1. The molecule has 2 aliphatic heterocycles. The van der Waals surface area contributed by atoms with Crippen LogP contribution in [0.15, 0.2) is 34.4 Å². The van der Waals surface area contributed by atoms with Crippen LogP contribution < -0.4 is 4.74 Å². The molecule has 0 radical (unpaired) electrons. The zero-order valence-corrected chi connectivity index (χ0v) is 11.3. The normalized spacial score (nSPS) is 17.9. The number of hydrogen-bond acceptors (Lipinski definition) is 5. The molecule has 0 spiro atoms. The monoisotopic (exact) mass is 275 g/mol. The molecule has 0 saturated heterocycles. The van der Waals surface area contributed by atoms with Crippen LogP contribution in [0.25, 0.3) is 0 Å². The van der Waals surface area contributed by atoms with Crippen LogP contribution in [0, 0.1) is 6.92 Å². The van der Waals surface area contributed by atoms with E-state index >= 15 is 0 Å². The number of nitrogens with zero attached hydrogens (tertiary/aromatic N) is 3. The predicted octanol–water partition coefficient (Wildman–Crippen LogP) is 2.02. The lowest BCUT2D eigenvalue weighted by Crippen LogP contribution is -2.27. The first-order valence-electron chi connectivity index (χ1n) is 6.05. The highest BCUT2D eigenvalue weighted by Gasteiger charge is 2.28. The summed E-state index contributed by atoms with van der Waals surface area (Å²) in [6.45, 7) is 3.02. The van der Waals surface area contributed by atoms with Gasteiger partial charge in [0.25, 0.3) is 0 Å². The number of carbonyl (C=O) groups excluding carboxylic acids is 1. The Morgan fingerprint density at radius 1 is 1.42 bits per heavy atom. The van der Waals surface area contributed by atoms with Gasteiger partial charge in [-0.15, -0.1) is 0 Å². The third-order valence-corrected chi connectivity index (χ3v) is 3.78. The number of thioether (sulfide) groups is 1. The summed E-state index contributed by atoms with van der Waals surface area (Å²) in [5.74, 6) is 0.781. The minimum absolute atomic E-state index is 0.0741. The second kappa shape index (κ2) is 5.05. The number of hydrogen-bond donors (Lipinski definition) is 0. The van der Waals surface area contributed by atoms with Crippen molar-refractivity contribution in [2.75, 3.05) is 13.2 Å². The van der Waals surface area contributed by atoms with Crippen molar-refractivity contribution in [3.63, 3.8) is 0 Å². The average Bonchev–Trinajstić information content (AvgIpc) is 2.79. The highest BCUT2D eigenvalue weighted by atomic mass is 32.2. The van der Waals surface area contributed by atoms with Gasteiger partial charge in [-0.3, -0.25) is 4.79 Å². The number of para-hydroxylation sites is 1. The van der Waals surface area contributed by atoms with E-state index in [-0.39, 0.29) is 5.91 Å². The molecule has 6 heteroatoms. The first kappa shape index (κ1) is 12.2. The van der Waals surface area contributed by atoms with Crippen LogP contribution in [-0.2, 0) is 4.79 Å². The summed E-state index contributed by atoms with van der Waals surface area (Å²) in [5.41, 5.74) is 1.09. The van der Waals surface area contributed by atoms with Crippen molar-refractivity contribution in [2.45, 2.75) is 13.3 Å². The van der Waals surface area contributed by atoms with Crippen LogP contribution in [0.1, 0.15) is 12.0 Å². The lowest BCUT2D eigenvalue weighted by Gasteiger charge is -2.16. The van der Waals surface area contributed by atoms with E-state index in [2.05, 4.69) is 10.1 Å². The Kier molecular flexibility index (Phi) is 3.25. The number of aliphatic imine (C=N–C) groups is 1. The van der Waals surface area contributed by atoms with Crippen molar-refractivity contribution < 1.29 is 9.53 Å². The summed E-state index contributed by atoms with van der Waals surface area (Å²) in [4.78, 5) is 15.2. The summed E-state index contributed by atoms with van der Waals surface area (Å²) < 4.78 is 5.74. The molecular weight excluding hydrogens is 262 g/mol. The van der Waals surface area contributed by atoms with Gasteiger partial charge in [-0.1, -0.05) is 18.2 Å². The van der Waals surface area contributed by atoms with E-state index in [0.717, 1.165) is 16.4 Å². The number of amidine groups is 1. The quantitative estimate of drug-likeness (QED) is 0.847. The second-order valence-corrected chi connectivity index (χ2v) is 5.35. The second-order valence-electron chi connectivity index (χ2n) is 4.31. The molecule has 0 bridgehead atoms. The maximum absolute atomic E-state index is 11.2. The van der Waals surface area contributed by atoms with E-state index in [1.54, 1.807) is 5.01 Å². The fourth-order valence-electron chi connectivity index (χ4n) is 1.86. The van der Waals surface area contributed by atoms with Gasteiger partial charge in [0.05, 0.1) is 6.54 Å². The predicted molar refractivity (Wildman–Crippen MR) is 75.5 cm³/mol. The summed E-state index contributed by atoms with van der Waals surface area (Å²) in [7, 11) is 0. The van der Waals surface area contributed by atoms with E-state index in [0.29, 0.717) is 24.7 Å². The zero-order valence-electron chi connectivity index (χ0n) is 10.5. The SMILES string of the molecule is Cc1ccccc1OCC1=NN2CCC(=O)N=C2S1. The van der Waals surface area contributed by atoms with E-state index in [1.165, 1.54) is 11.8 Å². The van der Waals surface area contributed by atoms with Gasteiger partial charge in [0.15, 0.2) is 5.17 Å². The first-order valence-corrected chi connectivity index (χ1v) is 6.87. The number of amides is 1. The lowest BCUT2D eigenvalue weighted by atomic mass is 10.2. The molecule has 0 fully saturated rings. The Hall–Kier alpha value is -1.82. The number of fused-ring (bicyclic) bond motifs is 1. The van der Waals surface area contributed by atoms with Gasteiger partial charge >= 0.3 is 0 Å². The van der Waals surface area contributed by atoms with Gasteiger partial charge in [0.2, 0.25) is 5.91 Å². The molecule has 3 rings (SSSR count). The molecule has 98 valence electrons. The van der Waals surface area contributed by atoms with Crippen LogP contribution >= 0.6 is 11.8 Å². The Bertz CT molecular complexity index is 583. The van der Waals surface area contributed by atoms with Gasteiger partial charge in [-0.05, 0) is 30.3 Å². The Morgan fingerprint density at radius 3 is 3.11 bits per heavy atom. The van der Waals surface area contributed by atoms with E-state index in [9.17, 15) is 4.79 Å². The molecule has 19 heavy (non-hydrogen) atoms. The number of aryl methyl sites for hydroxylation is 1. The average molecular weight is 275 g/mol. The Morgan fingerprint density at radius 2 is 2.26 bits per heavy atom. The maximum atomic E-state index is 11.2. The standard InChI is InChI=1S/C13H13N3O2S/c1-9-4-2-3-5-10(9)18-8-12-15-16-7-6-11(17)14-13(16)19-12/h2-5H,6-8H2,1H3. The van der Waals surface area contributed by atoms with Gasteiger partial charge < -0.3 is 4.74 Å². The molecule has 1 aromatic carbocycles. The molecule has 0 atom stereocenters. The topological polar surface area (TPSA) is 54.3 Å². The van der Waals surface area contributed by atoms with E-state index < -0.39 is 0 Å². The molecule has 0 aliphatic carbocycles. The summed E-state index contributed by atoms with van der Waals surface area (Å²) in [6.07, 6.45) is 0.430. The van der Waals surface area contributed by atoms with Crippen LogP contribution in [0.2, 0.25) is 0 Å². The third kappa shape index (κ3) is 2.63. The fourth-order valence-corrected chi connectivity index (χ4v) is 2.72. The first-order chi connectivity index (χ1) is 9.22. The third-order valence-electron chi connectivity index (χ3n) is 2.86. The highest BCUT2D eigenvalue weighted by Crippen LogP contribution is 2.25. The molecule has 1 amide bonds. The van der Waals surface area contributed by atoms with E-state index in [4.69, 9.17) is 4.74 Å². The molecule has 2 heterocycles. The van der Waals surface area contributed by atoms with Gasteiger partial charge in [0, 0.05) is 6.42 Å². The summed E-state index contributed by atoms with van der Waals surface area (Å²) in [6, 6.07) is 7.86. The van der Waals surface area contributed by atoms with Crippen molar-refractivity contribution in [1.29, 1.82) is 0 Å². The van der Waals surface area contributed by atoms with Crippen molar-refractivity contribution in [3.8, 4) is 5.75 Å². The number of hydrazone groups is 1. The van der Waals surface area contributed by atoms with Gasteiger partial charge in [-0.2, -0.15) is 10.1 Å². The van der Waals surface area contributed by atoms with Crippen molar-refractivity contribution in [2.24, 2.45) is 10.1 Å². The zero-order chi connectivity index (χ0) is 13.2. The maximum Gasteiger partial charge on any atom is 0.250 e. The smallest absolute Gasteiger partial charge is 0.250 e. The number of rotatable bonds is 3. The van der Waals surface area contributed by atoms with Crippen LogP contribution in [0.3, 0.4) is 0 Å². The largest absolute Gasteiger partial charge is 0.486 e. The van der Waals surface area contributed by atoms with Gasteiger partial charge in [0.1, 0.15) is 17.4 Å². The van der Waals surface area contributed by atoms with Crippen LogP contribution in [0.5, 0.6) is 5.75 Å². The molecule has 0 N–H and O–H groups in total. The number of ether oxygens (including phenoxy) is 1. The molecular formula is C13H13N3O2S. The molecule has 1 aromatic rings. The lowest BCUT2D eigenvalue weighted by molar-refractivity contribution is -0.118. The van der Waals surface area contributed by atoms with Crippen molar-refractivity contribution >= 4 is 27.9 Å². The molecule has 5 nitrogen and oxygen atoms in total. The molecule has 2 aliphatic rings. The van der Waals surface area contributed by atoms with E-state index in [1.807, 2.05) is 31.2 Å². The Balaban J connectivity index is 1.65. The minimum Gasteiger partial charge on any atom is -0.486 e. The van der Waals surface area contributed by atoms with Gasteiger partial charge in [-0.25, -0.2) is 5.01 Å². The van der Waals surface area contributed by atoms with Crippen LogP contribution in [-0.4, -0.2) is 34.3 Å². The molecule has 0 aromatic heterocycles. The summed E-state index contributed by atoms with van der Waals surface area (Å²) in [5, 5.41) is 7.66. The Labute approximate surface area is 115 Å². The molecule has 0 saturated carbocycles. The highest BCUT2D eigenvalue weighted by molar-refractivity contribution is 8.26. The molecule has 0 unspecified atom stereocenters. The van der Waals surface area contributed by atoms with Crippen molar-refractivity contribution in [1.82, 2.24) is 5.01 Å².